The Bertz CT molecular complexity index is 549. The molecular weight excluding hydrogens is 263 g/mol. The van der Waals surface area contributed by atoms with E-state index in [-0.39, 0.29) is 12.4 Å². The van der Waals surface area contributed by atoms with Gasteiger partial charge in [-0.15, -0.1) is 11.6 Å². The normalized spacial score (nSPS) is 10.8. The number of hydrogen-bond donors (Lipinski definition) is 0. The highest BCUT2D eigenvalue weighted by Crippen LogP contribution is 2.16. The van der Waals surface area contributed by atoms with Crippen LogP contribution in [-0.4, -0.2) is 5.88 Å². The van der Waals surface area contributed by atoms with Crippen molar-refractivity contribution < 1.29 is 9.13 Å². The predicted molar refractivity (Wildman–Crippen MR) is 76.9 cm³/mol. The molecule has 0 aliphatic heterocycles. The summed E-state index contributed by atoms with van der Waals surface area (Å²) in [6, 6.07) is 14.2. The molecule has 0 amide bonds. The van der Waals surface area contributed by atoms with Crippen LogP contribution >= 0.6 is 11.6 Å². The molecule has 0 N–H and O–H groups in total. The third-order valence-corrected chi connectivity index (χ3v) is 2.81. The number of rotatable bonds is 5. The first-order valence-corrected chi connectivity index (χ1v) is 6.52. The molecule has 0 unspecified atom stereocenters. The predicted octanol–water partition coefficient (Wildman–Crippen LogP) is 4.66. The Morgan fingerprint density at radius 3 is 2.47 bits per heavy atom. The second kappa shape index (κ2) is 6.95. The molecule has 0 saturated heterocycles. The second-order valence-electron chi connectivity index (χ2n) is 4.01. The van der Waals surface area contributed by atoms with Crippen molar-refractivity contribution in [3.05, 3.63) is 71.6 Å². The molecule has 19 heavy (non-hydrogen) atoms. The van der Waals surface area contributed by atoms with Gasteiger partial charge in [-0.3, -0.25) is 0 Å². The molecule has 0 fully saturated rings. The second-order valence-corrected chi connectivity index (χ2v) is 4.31. The van der Waals surface area contributed by atoms with E-state index in [1.165, 1.54) is 6.07 Å². The van der Waals surface area contributed by atoms with E-state index in [4.69, 9.17) is 16.3 Å². The van der Waals surface area contributed by atoms with Crippen molar-refractivity contribution in [2.75, 3.05) is 5.88 Å². The van der Waals surface area contributed by atoms with Crippen molar-refractivity contribution >= 4 is 17.7 Å². The maximum absolute atomic E-state index is 13.4. The largest absolute Gasteiger partial charge is 0.489 e. The van der Waals surface area contributed by atoms with E-state index in [0.717, 1.165) is 5.56 Å². The Labute approximate surface area is 117 Å². The van der Waals surface area contributed by atoms with E-state index >= 15 is 0 Å². The Hall–Kier alpha value is -1.80. The molecule has 0 atom stereocenters. The molecule has 0 aliphatic rings. The lowest BCUT2D eigenvalue weighted by Crippen LogP contribution is -1.97. The summed E-state index contributed by atoms with van der Waals surface area (Å²) in [5.74, 6) is 0.960. The van der Waals surface area contributed by atoms with Crippen LogP contribution in [0.25, 0.3) is 6.08 Å². The molecule has 3 heteroatoms. The number of hydrogen-bond acceptors (Lipinski definition) is 1. The van der Waals surface area contributed by atoms with Gasteiger partial charge in [-0.1, -0.05) is 42.5 Å². The van der Waals surface area contributed by atoms with Crippen molar-refractivity contribution in [2.45, 2.75) is 6.61 Å². The average molecular weight is 277 g/mol. The van der Waals surface area contributed by atoms with E-state index in [0.29, 0.717) is 17.2 Å². The van der Waals surface area contributed by atoms with Crippen LogP contribution in [0, 0.1) is 5.82 Å². The van der Waals surface area contributed by atoms with E-state index in [2.05, 4.69) is 0 Å². The van der Waals surface area contributed by atoms with Crippen LogP contribution in [0.3, 0.4) is 0 Å². The first-order valence-electron chi connectivity index (χ1n) is 5.98. The minimum atomic E-state index is -0.246. The lowest BCUT2D eigenvalue weighted by molar-refractivity contribution is 0.300. The van der Waals surface area contributed by atoms with Gasteiger partial charge in [-0.2, -0.15) is 0 Å². The maximum Gasteiger partial charge on any atom is 0.129 e. The minimum absolute atomic E-state index is 0.226. The molecule has 1 nitrogen and oxygen atoms in total. The summed E-state index contributed by atoms with van der Waals surface area (Å²) >= 11 is 5.57. The van der Waals surface area contributed by atoms with E-state index in [1.54, 1.807) is 18.2 Å². The van der Waals surface area contributed by atoms with Gasteiger partial charge in [0.1, 0.15) is 18.2 Å². The van der Waals surface area contributed by atoms with Crippen molar-refractivity contribution in [1.29, 1.82) is 0 Å². The molecule has 0 radical (unpaired) electrons. The van der Waals surface area contributed by atoms with Crippen molar-refractivity contribution in [2.24, 2.45) is 0 Å². The summed E-state index contributed by atoms with van der Waals surface area (Å²) in [6.45, 7) is 0.226. The third-order valence-electron chi connectivity index (χ3n) is 2.63. The highest BCUT2D eigenvalue weighted by molar-refractivity contribution is 6.19. The average Bonchev–Trinajstić information content (AvgIpc) is 2.45. The van der Waals surface area contributed by atoms with Gasteiger partial charge < -0.3 is 4.74 Å². The number of alkyl halides is 1. The first kappa shape index (κ1) is 13.6. The molecule has 0 aliphatic carbocycles. The molecule has 0 heterocycles. The van der Waals surface area contributed by atoms with Crippen LogP contribution in [-0.2, 0) is 6.61 Å². The van der Waals surface area contributed by atoms with Gasteiger partial charge in [0.25, 0.3) is 0 Å². The smallest absolute Gasteiger partial charge is 0.129 e. The Morgan fingerprint density at radius 1 is 1.05 bits per heavy atom. The monoisotopic (exact) mass is 276 g/mol. The highest BCUT2D eigenvalue weighted by atomic mass is 35.5. The fourth-order valence-electron chi connectivity index (χ4n) is 1.63. The Balaban J connectivity index is 1.97. The van der Waals surface area contributed by atoms with Crippen LogP contribution in [0.2, 0.25) is 0 Å². The van der Waals surface area contributed by atoms with Crippen LogP contribution in [0.4, 0.5) is 4.39 Å². The zero-order chi connectivity index (χ0) is 13.5. The fraction of sp³-hybridized carbons (Fsp3) is 0.125. The number of benzene rings is 2. The molecule has 0 bridgehead atoms. The maximum atomic E-state index is 13.4. The molecule has 98 valence electrons. The number of halogens is 2. The number of ether oxygens (including phenoxy) is 1. The van der Waals surface area contributed by atoms with Gasteiger partial charge in [0.2, 0.25) is 0 Å². The van der Waals surface area contributed by atoms with Gasteiger partial charge >= 0.3 is 0 Å². The van der Waals surface area contributed by atoms with Crippen LogP contribution in [0.5, 0.6) is 5.75 Å². The third kappa shape index (κ3) is 4.11. The summed E-state index contributed by atoms with van der Waals surface area (Å²) in [6.07, 6.45) is 3.81. The molecule has 0 aromatic heterocycles. The van der Waals surface area contributed by atoms with Crippen LogP contribution < -0.4 is 4.74 Å². The van der Waals surface area contributed by atoms with Crippen molar-refractivity contribution in [3.8, 4) is 5.75 Å². The summed E-state index contributed by atoms with van der Waals surface area (Å²) in [5.41, 5.74) is 1.60. The fourth-order valence-corrected chi connectivity index (χ4v) is 1.72. The molecule has 0 saturated carbocycles. The summed E-state index contributed by atoms with van der Waals surface area (Å²) in [7, 11) is 0. The molecule has 2 rings (SSSR count). The van der Waals surface area contributed by atoms with Crippen molar-refractivity contribution in [1.82, 2.24) is 0 Å². The van der Waals surface area contributed by atoms with Gasteiger partial charge in [0.05, 0.1) is 0 Å². The van der Waals surface area contributed by atoms with Gasteiger partial charge in [-0.05, 0) is 23.8 Å². The topological polar surface area (TPSA) is 9.23 Å². The van der Waals surface area contributed by atoms with Gasteiger partial charge in [0, 0.05) is 11.4 Å². The SMILES string of the molecule is Fc1ccccc1COc1ccc(C=CCCl)cc1. The Morgan fingerprint density at radius 2 is 1.79 bits per heavy atom. The van der Waals surface area contributed by atoms with E-state index in [9.17, 15) is 4.39 Å². The standard InChI is InChI=1S/C16H14ClFO/c17-11-3-4-13-7-9-15(10-8-13)19-12-14-5-1-2-6-16(14)18/h1-10H,11-12H2. The van der Waals surface area contributed by atoms with Crippen molar-refractivity contribution in [3.63, 3.8) is 0 Å². The zero-order valence-electron chi connectivity index (χ0n) is 10.4. The summed E-state index contributed by atoms with van der Waals surface area (Å²) in [5, 5.41) is 0. The Kier molecular flexibility index (Phi) is 4.99. The van der Waals surface area contributed by atoms with Crippen LogP contribution in [0.1, 0.15) is 11.1 Å². The molecule has 0 spiro atoms. The number of allylic oxidation sites excluding steroid dienone is 1. The quantitative estimate of drug-likeness (QED) is 0.722. The van der Waals surface area contributed by atoms with Crippen LogP contribution in [0.15, 0.2) is 54.6 Å². The lowest BCUT2D eigenvalue weighted by atomic mass is 10.2. The molecule has 2 aromatic rings. The summed E-state index contributed by atoms with van der Waals surface area (Å²) in [4.78, 5) is 0. The van der Waals surface area contributed by atoms with E-state index < -0.39 is 0 Å². The minimum Gasteiger partial charge on any atom is -0.489 e. The van der Waals surface area contributed by atoms with Gasteiger partial charge in [-0.25, -0.2) is 4.39 Å². The summed E-state index contributed by atoms with van der Waals surface area (Å²) < 4.78 is 18.9. The molecule has 2 aromatic carbocycles. The first-order chi connectivity index (χ1) is 9.29. The lowest BCUT2D eigenvalue weighted by Gasteiger charge is -2.07. The zero-order valence-corrected chi connectivity index (χ0v) is 11.1. The molecular formula is C16H14ClFO. The highest BCUT2D eigenvalue weighted by Gasteiger charge is 2.01. The van der Waals surface area contributed by atoms with Gasteiger partial charge in [0.15, 0.2) is 0 Å². The van der Waals surface area contributed by atoms with E-state index in [1.807, 2.05) is 36.4 Å².